The Morgan fingerprint density at radius 1 is 1.00 bits per heavy atom. The average molecular weight is 287 g/mol. The van der Waals surface area contributed by atoms with Gasteiger partial charge in [-0.05, 0) is 57.8 Å². The molecular weight excluding hydrogens is 268 g/mol. The second-order valence-corrected chi connectivity index (χ2v) is 6.98. The number of hydrogen-bond donors (Lipinski definition) is 0. The Hall–Kier alpha value is -1.45. The van der Waals surface area contributed by atoms with Crippen LogP contribution in [-0.2, 0) is 16.5 Å². The summed E-state index contributed by atoms with van der Waals surface area (Å²) in [6, 6.07) is 13.7. The normalized spacial score (nSPS) is 13.2. The maximum absolute atomic E-state index is 11.0. The fraction of sp³-hybridized carbons (Fsp3) is 0.294. The lowest BCUT2D eigenvalue weighted by Gasteiger charge is -2.19. The minimum absolute atomic E-state index is 0.136. The molecule has 0 heterocycles. The highest BCUT2D eigenvalue weighted by molar-refractivity contribution is 7.79. The molecule has 0 amide bonds. The van der Waals surface area contributed by atoms with Crippen molar-refractivity contribution in [1.29, 1.82) is 0 Å². The summed E-state index contributed by atoms with van der Waals surface area (Å²) in [6.07, 6.45) is 0. The first-order valence-electron chi connectivity index (χ1n) is 6.60. The van der Waals surface area contributed by atoms with E-state index in [1.54, 1.807) is 12.1 Å². The van der Waals surface area contributed by atoms with Crippen molar-refractivity contribution in [2.75, 3.05) is 0 Å². The number of benzene rings is 2. The van der Waals surface area contributed by atoms with E-state index in [2.05, 4.69) is 45.0 Å². The quantitative estimate of drug-likeness (QED) is 0.777. The highest BCUT2D eigenvalue weighted by atomic mass is 32.2. The smallest absolute Gasteiger partial charge is 0.0251 e. The van der Waals surface area contributed by atoms with E-state index >= 15 is 0 Å². The van der Waals surface area contributed by atoms with E-state index in [1.807, 2.05) is 13.0 Å². The lowest BCUT2D eigenvalue weighted by molar-refractivity contribution is 0.537. The Labute approximate surface area is 123 Å². The molecule has 0 saturated carbocycles. The summed E-state index contributed by atoms with van der Waals surface area (Å²) in [4.78, 5) is 0.331. The minimum Gasteiger partial charge on any atom is -0.768 e. The van der Waals surface area contributed by atoms with Gasteiger partial charge in [0.25, 0.3) is 0 Å². The maximum Gasteiger partial charge on any atom is 0.0251 e. The summed E-state index contributed by atoms with van der Waals surface area (Å²) in [5, 5.41) is 0. The van der Waals surface area contributed by atoms with Gasteiger partial charge in [0.2, 0.25) is 0 Å². The summed E-state index contributed by atoms with van der Waals surface area (Å²) in [7, 11) is 0. The summed E-state index contributed by atoms with van der Waals surface area (Å²) < 4.78 is 21.9. The predicted molar refractivity (Wildman–Crippen MR) is 82.5 cm³/mol. The van der Waals surface area contributed by atoms with Crippen LogP contribution < -0.4 is 0 Å². The van der Waals surface area contributed by atoms with E-state index in [9.17, 15) is 8.76 Å². The molecule has 0 aliphatic rings. The molecule has 20 heavy (non-hydrogen) atoms. The third-order valence-corrected chi connectivity index (χ3v) is 4.09. The molecule has 0 fully saturated rings. The van der Waals surface area contributed by atoms with Crippen LogP contribution in [-0.4, -0.2) is 8.76 Å². The molecule has 2 aromatic carbocycles. The number of rotatable bonds is 2. The van der Waals surface area contributed by atoms with Gasteiger partial charge in [0.05, 0.1) is 0 Å². The Morgan fingerprint density at radius 3 is 2.05 bits per heavy atom. The second kappa shape index (κ2) is 5.51. The number of hydrogen-bond acceptors (Lipinski definition) is 2. The van der Waals surface area contributed by atoms with Crippen molar-refractivity contribution in [1.82, 2.24) is 0 Å². The van der Waals surface area contributed by atoms with Crippen molar-refractivity contribution < 1.29 is 8.76 Å². The molecule has 1 unspecified atom stereocenters. The van der Waals surface area contributed by atoms with Crippen LogP contribution in [0.25, 0.3) is 11.1 Å². The van der Waals surface area contributed by atoms with Gasteiger partial charge in [0.1, 0.15) is 0 Å². The monoisotopic (exact) mass is 287 g/mol. The van der Waals surface area contributed by atoms with Crippen LogP contribution in [0.15, 0.2) is 47.4 Å². The SMILES string of the molecule is Cc1cc(S(=O)[O-])ccc1-c1ccc(C(C)(C)C)cc1. The second-order valence-electron chi connectivity index (χ2n) is 6.04. The molecule has 0 aliphatic carbocycles. The van der Waals surface area contributed by atoms with Crippen LogP contribution in [0.3, 0.4) is 0 Å². The van der Waals surface area contributed by atoms with E-state index in [0.29, 0.717) is 4.90 Å². The fourth-order valence-electron chi connectivity index (χ4n) is 2.21. The standard InChI is InChI=1S/C17H20O2S/c1-12-11-15(20(18)19)9-10-16(12)13-5-7-14(8-6-13)17(2,3)4/h5-11H,1-4H3,(H,18,19)/p-1. The Morgan fingerprint density at radius 2 is 1.60 bits per heavy atom. The molecule has 2 rings (SSSR count). The van der Waals surface area contributed by atoms with Gasteiger partial charge >= 0.3 is 0 Å². The summed E-state index contributed by atoms with van der Waals surface area (Å²) in [6.45, 7) is 8.49. The van der Waals surface area contributed by atoms with Gasteiger partial charge in [0.15, 0.2) is 0 Å². The van der Waals surface area contributed by atoms with Crippen LogP contribution >= 0.6 is 0 Å². The molecule has 0 radical (unpaired) electrons. The maximum atomic E-state index is 11.0. The molecule has 0 spiro atoms. The zero-order chi connectivity index (χ0) is 14.9. The van der Waals surface area contributed by atoms with Gasteiger partial charge in [-0.15, -0.1) is 0 Å². The topological polar surface area (TPSA) is 40.1 Å². The van der Waals surface area contributed by atoms with Crippen molar-refractivity contribution in [3.8, 4) is 11.1 Å². The summed E-state index contributed by atoms with van der Waals surface area (Å²) >= 11 is -2.17. The van der Waals surface area contributed by atoms with Crippen LogP contribution in [0.5, 0.6) is 0 Å². The zero-order valence-electron chi connectivity index (χ0n) is 12.3. The first kappa shape index (κ1) is 14.9. The lowest BCUT2D eigenvalue weighted by atomic mass is 9.86. The molecule has 2 nitrogen and oxygen atoms in total. The molecule has 0 aromatic heterocycles. The zero-order valence-corrected chi connectivity index (χ0v) is 13.1. The molecule has 0 bridgehead atoms. The van der Waals surface area contributed by atoms with Gasteiger partial charge in [0, 0.05) is 4.90 Å². The molecule has 0 saturated heterocycles. The van der Waals surface area contributed by atoms with E-state index in [4.69, 9.17) is 0 Å². The molecular formula is C17H19O2S-. The molecule has 1 atom stereocenters. The lowest BCUT2D eigenvalue weighted by Crippen LogP contribution is -2.10. The largest absolute Gasteiger partial charge is 0.768 e. The molecule has 106 valence electrons. The van der Waals surface area contributed by atoms with Gasteiger partial charge in [-0.25, -0.2) is 0 Å². The van der Waals surface area contributed by atoms with Gasteiger partial charge in [-0.3, -0.25) is 4.21 Å². The first-order chi connectivity index (χ1) is 9.29. The molecule has 2 aromatic rings. The van der Waals surface area contributed by atoms with Crippen LogP contribution in [0.1, 0.15) is 31.9 Å². The van der Waals surface area contributed by atoms with Crippen molar-refractivity contribution in [2.24, 2.45) is 0 Å². The van der Waals surface area contributed by atoms with E-state index < -0.39 is 11.1 Å². The van der Waals surface area contributed by atoms with Crippen molar-refractivity contribution >= 4 is 11.1 Å². The summed E-state index contributed by atoms with van der Waals surface area (Å²) in [5.74, 6) is 0. The molecule has 0 N–H and O–H groups in total. The predicted octanol–water partition coefficient (Wildman–Crippen LogP) is 4.20. The fourth-order valence-corrected chi connectivity index (χ4v) is 2.67. The third-order valence-electron chi connectivity index (χ3n) is 3.45. The summed E-state index contributed by atoms with van der Waals surface area (Å²) in [5.41, 5.74) is 4.57. The highest BCUT2D eigenvalue weighted by Gasteiger charge is 2.13. The van der Waals surface area contributed by atoms with Crippen molar-refractivity contribution in [2.45, 2.75) is 38.0 Å². The Kier molecular flexibility index (Phi) is 4.11. The van der Waals surface area contributed by atoms with E-state index in [-0.39, 0.29) is 5.41 Å². The van der Waals surface area contributed by atoms with Gasteiger partial charge in [-0.1, -0.05) is 51.1 Å². The van der Waals surface area contributed by atoms with Crippen molar-refractivity contribution in [3.05, 3.63) is 53.6 Å². The van der Waals surface area contributed by atoms with E-state index in [0.717, 1.165) is 16.7 Å². The van der Waals surface area contributed by atoms with Crippen LogP contribution in [0.2, 0.25) is 0 Å². The first-order valence-corrected chi connectivity index (χ1v) is 7.67. The number of aryl methyl sites for hydroxylation is 1. The van der Waals surface area contributed by atoms with E-state index in [1.165, 1.54) is 5.56 Å². The average Bonchev–Trinajstić information content (AvgIpc) is 2.37. The molecule has 3 heteroatoms. The van der Waals surface area contributed by atoms with Gasteiger partial charge < -0.3 is 4.55 Å². The molecule has 0 aliphatic heterocycles. The minimum atomic E-state index is -2.17. The van der Waals surface area contributed by atoms with Crippen molar-refractivity contribution in [3.63, 3.8) is 0 Å². The van der Waals surface area contributed by atoms with Crippen LogP contribution in [0.4, 0.5) is 0 Å². The highest BCUT2D eigenvalue weighted by Crippen LogP contribution is 2.28. The Bertz CT molecular complexity index is 637. The van der Waals surface area contributed by atoms with Crippen LogP contribution in [0, 0.1) is 6.92 Å². The van der Waals surface area contributed by atoms with Gasteiger partial charge in [-0.2, -0.15) is 0 Å². The Balaban J connectivity index is 2.40. The third kappa shape index (κ3) is 3.17.